The summed E-state index contributed by atoms with van der Waals surface area (Å²) in [6.07, 6.45) is 0. The fourth-order valence-corrected chi connectivity index (χ4v) is 3.13. The molecule has 0 unspecified atom stereocenters. The van der Waals surface area contributed by atoms with Gasteiger partial charge in [0.2, 0.25) is 5.78 Å². The third kappa shape index (κ3) is 2.44. The van der Waals surface area contributed by atoms with E-state index in [2.05, 4.69) is 4.90 Å². The van der Waals surface area contributed by atoms with Crippen LogP contribution < -0.4 is 0 Å². The summed E-state index contributed by atoms with van der Waals surface area (Å²) >= 11 is 0. The van der Waals surface area contributed by atoms with Crippen molar-refractivity contribution in [1.29, 1.82) is 0 Å². The van der Waals surface area contributed by atoms with E-state index >= 15 is 0 Å². The Kier molecular flexibility index (Phi) is 3.27. The SMILES string of the molecule is O=C(C[N+]12CCN(CC1)CC2)c1ccc([N+](=O)[O-])cc1. The number of nitro benzene ring substituents is 1. The van der Waals surface area contributed by atoms with Crippen LogP contribution in [0, 0.1) is 10.1 Å². The number of ketones is 1. The first kappa shape index (κ1) is 13.2. The number of piperazine rings is 3. The monoisotopic (exact) mass is 276 g/mol. The zero-order chi connectivity index (χ0) is 14.2. The number of quaternary nitrogens is 1. The van der Waals surface area contributed by atoms with Crippen molar-refractivity contribution in [2.24, 2.45) is 0 Å². The molecule has 0 amide bonds. The van der Waals surface area contributed by atoms with E-state index in [0.717, 1.165) is 43.8 Å². The van der Waals surface area contributed by atoms with E-state index in [-0.39, 0.29) is 11.5 Å². The standard InChI is InChI=1S/C14H18N3O3/c18-14(12-1-3-13(4-2-12)16(19)20)11-17-8-5-15(6-9-17)7-10-17/h1-4H,5-11H2/q+1. The first-order valence-electron chi connectivity index (χ1n) is 6.93. The minimum absolute atomic E-state index is 0.0279. The molecule has 1 aromatic carbocycles. The smallest absolute Gasteiger partial charge is 0.269 e. The number of benzene rings is 1. The molecule has 0 atom stereocenters. The topological polar surface area (TPSA) is 63.5 Å². The molecular weight excluding hydrogens is 258 g/mol. The third-order valence-electron chi connectivity index (χ3n) is 4.55. The number of hydrogen-bond donors (Lipinski definition) is 0. The number of Topliss-reactive ketones (excluding diaryl/α,β-unsaturated/α-hetero) is 1. The van der Waals surface area contributed by atoms with Gasteiger partial charge in [-0.3, -0.25) is 19.8 Å². The molecule has 0 radical (unpaired) electrons. The second-order valence-electron chi connectivity index (χ2n) is 5.74. The normalized spacial score (nSPS) is 28.3. The lowest BCUT2D eigenvalue weighted by Gasteiger charge is -2.50. The lowest BCUT2D eigenvalue weighted by Crippen LogP contribution is -2.68. The van der Waals surface area contributed by atoms with Gasteiger partial charge in [-0.2, -0.15) is 0 Å². The molecule has 0 aromatic heterocycles. The van der Waals surface area contributed by atoms with E-state index in [0.29, 0.717) is 12.1 Å². The zero-order valence-corrected chi connectivity index (χ0v) is 11.3. The van der Waals surface area contributed by atoms with E-state index in [9.17, 15) is 14.9 Å². The first-order chi connectivity index (χ1) is 9.58. The number of rotatable bonds is 4. The maximum atomic E-state index is 12.4. The molecule has 3 fully saturated rings. The molecule has 0 spiro atoms. The Balaban J connectivity index is 1.71. The van der Waals surface area contributed by atoms with Crippen molar-refractivity contribution >= 4 is 11.5 Å². The summed E-state index contributed by atoms with van der Waals surface area (Å²) in [5.41, 5.74) is 0.608. The molecule has 3 aliphatic heterocycles. The van der Waals surface area contributed by atoms with Crippen LogP contribution in [0.25, 0.3) is 0 Å². The molecule has 20 heavy (non-hydrogen) atoms. The Morgan fingerprint density at radius 2 is 1.70 bits per heavy atom. The molecule has 3 aliphatic rings. The van der Waals surface area contributed by atoms with Gasteiger partial charge in [0.25, 0.3) is 5.69 Å². The van der Waals surface area contributed by atoms with Crippen LogP contribution in [0.5, 0.6) is 0 Å². The van der Waals surface area contributed by atoms with Crippen molar-refractivity contribution in [2.45, 2.75) is 0 Å². The fraction of sp³-hybridized carbons (Fsp3) is 0.500. The van der Waals surface area contributed by atoms with Crippen LogP contribution in [0.15, 0.2) is 24.3 Å². The van der Waals surface area contributed by atoms with Crippen LogP contribution >= 0.6 is 0 Å². The molecule has 0 saturated carbocycles. The second kappa shape index (κ2) is 4.96. The average molecular weight is 276 g/mol. The Bertz CT molecular complexity index is 519. The average Bonchev–Trinajstić information content (AvgIpc) is 2.48. The Labute approximate surface area is 117 Å². The minimum atomic E-state index is -0.445. The summed E-state index contributed by atoms with van der Waals surface area (Å²) in [4.78, 5) is 25.0. The Hall–Kier alpha value is -1.79. The largest absolute Gasteiger partial charge is 0.314 e. The number of carbonyl (C=O) groups is 1. The van der Waals surface area contributed by atoms with Crippen LogP contribution in [-0.2, 0) is 0 Å². The zero-order valence-electron chi connectivity index (χ0n) is 11.3. The van der Waals surface area contributed by atoms with Crippen LogP contribution in [-0.4, -0.2) is 65.9 Å². The van der Waals surface area contributed by atoms with Gasteiger partial charge < -0.3 is 4.48 Å². The maximum absolute atomic E-state index is 12.4. The van der Waals surface area contributed by atoms with Crippen LogP contribution in [0.2, 0.25) is 0 Å². The number of nitro groups is 1. The van der Waals surface area contributed by atoms with Gasteiger partial charge in [-0.25, -0.2) is 0 Å². The van der Waals surface area contributed by atoms with Gasteiger partial charge >= 0.3 is 0 Å². The van der Waals surface area contributed by atoms with Gasteiger partial charge in [0, 0.05) is 37.3 Å². The molecule has 0 N–H and O–H groups in total. The van der Waals surface area contributed by atoms with Gasteiger partial charge in [-0.1, -0.05) is 0 Å². The summed E-state index contributed by atoms with van der Waals surface area (Å²) < 4.78 is 0.881. The van der Waals surface area contributed by atoms with Gasteiger partial charge in [0.15, 0.2) is 0 Å². The van der Waals surface area contributed by atoms with Gasteiger partial charge in [0.05, 0.1) is 24.6 Å². The van der Waals surface area contributed by atoms with Gasteiger partial charge in [0.1, 0.15) is 6.54 Å². The van der Waals surface area contributed by atoms with Crippen molar-refractivity contribution in [3.63, 3.8) is 0 Å². The summed E-state index contributed by atoms with van der Waals surface area (Å²) in [6, 6.07) is 5.95. The number of hydrogen-bond acceptors (Lipinski definition) is 4. The van der Waals surface area contributed by atoms with Crippen LogP contribution in [0.1, 0.15) is 10.4 Å². The molecular formula is C14H18N3O3+. The highest BCUT2D eigenvalue weighted by Gasteiger charge is 2.39. The van der Waals surface area contributed by atoms with Crippen molar-refractivity contribution in [1.82, 2.24) is 4.90 Å². The third-order valence-corrected chi connectivity index (χ3v) is 4.55. The molecule has 6 nitrogen and oxygen atoms in total. The van der Waals surface area contributed by atoms with Crippen LogP contribution in [0.4, 0.5) is 5.69 Å². The summed E-state index contributed by atoms with van der Waals surface area (Å²) in [5.74, 6) is 0.0928. The quantitative estimate of drug-likeness (QED) is 0.355. The lowest BCUT2D eigenvalue weighted by atomic mass is 10.1. The van der Waals surface area contributed by atoms with Crippen molar-refractivity contribution in [3.8, 4) is 0 Å². The van der Waals surface area contributed by atoms with E-state index in [1.807, 2.05) is 0 Å². The number of carbonyl (C=O) groups excluding carboxylic acids is 1. The van der Waals surface area contributed by atoms with Crippen molar-refractivity contribution in [3.05, 3.63) is 39.9 Å². The van der Waals surface area contributed by atoms with Gasteiger partial charge in [-0.15, -0.1) is 0 Å². The number of nitrogens with zero attached hydrogens (tertiary/aromatic N) is 3. The lowest BCUT2D eigenvalue weighted by molar-refractivity contribution is -0.933. The predicted octanol–water partition coefficient (Wildman–Crippen LogP) is 0.924. The highest BCUT2D eigenvalue weighted by atomic mass is 16.6. The predicted molar refractivity (Wildman–Crippen MR) is 73.6 cm³/mol. The molecule has 0 aliphatic carbocycles. The summed E-state index contributed by atoms with van der Waals surface area (Å²) in [5, 5.41) is 10.6. The highest BCUT2D eigenvalue weighted by molar-refractivity contribution is 5.97. The maximum Gasteiger partial charge on any atom is 0.269 e. The van der Waals surface area contributed by atoms with Gasteiger partial charge in [-0.05, 0) is 12.1 Å². The molecule has 1 aromatic rings. The second-order valence-corrected chi connectivity index (χ2v) is 5.74. The fourth-order valence-electron chi connectivity index (χ4n) is 3.13. The molecule has 106 valence electrons. The molecule has 4 rings (SSSR count). The first-order valence-corrected chi connectivity index (χ1v) is 6.93. The molecule has 3 saturated heterocycles. The minimum Gasteiger partial charge on any atom is -0.314 e. The molecule has 3 heterocycles. The van der Waals surface area contributed by atoms with Crippen LogP contribution in [0.3, 0.4) is 0 Å². The number of fused-ring (bicyclic) bond motifs is 3. The van der Waals surface area contributed by atoms with Crippen molar-refractivity contribution < 1.29 is 14.2 Å². The summed E-state index contributed by atoms with van der Waals surface area (Å²) in [6.45, 7) is 6.87. The Morgan fingerprint density at radius 3 is 2.20 bits per heavy atom. The molecule has 6 heteroatoms. The number of non-ortho nitro benzene ring substituents is 1. The van der Waals surface area contributed by atoms with E-state index in [4.69, 9.17) is 0 Å². The van der Waals surface area contributed by atoms with E-state index in [1.165, 1.54) is 12.1 Å². The van der Waals surface area contributed by atoms with E-state index < -0.39 is 4.92 Å². The highest BCUT2D eigenvalue weighted by Crippen LogP contribution is 2.21. The molecule has 2 bridgehead atoms. The van der Waals surface area contributed by atoms with Crippen molar-refractivity contribution in [2.75, 3.05) is 45.8 Å². The van der Waals surface area contributed by atoms with E-state index in [1.54, 1.807) is 12.1 Å². The summed E-state index contributed by atoms with van der Waals surface area (Å²) in [7, 11) is 0. The Morgan fingerprint density at radius 1 is 1.15 bits per heavy atom.